The van der Waals surface area contributed by atoms with Gasteiger partial charge in [-0.25, -0.2) is 14.2 Å². The van der Waals surface area contributed by atoms with E-state index in [0.717, 1.165) is 12.1 Å². The first kappa shape index (κ1) is 13.9. The van der Waals surface area contributed by atoms with E-state index < -0.39 is 11.8 Å². The third-order valence-electron chi connectivity index (χ3n) is 4.09. The number of halogens is 1. The van der Waals surface area contributed by atoms with E-state index in [1.807, 2.05) is 0 Å². The maximum absolute atomic E-state index is 13.9. The van der Waals surface area contributed by atoms with Gasteiger partial charge in [-0.3, -0.25) is 4.90 Å². The van der Waals surface area contributed by atoms with E-state index in [2.05, 4.69) is 23.7 Å². The Morgan fingerprint density at radius 2 is 2.19 bits per heavy atom. The summed E-state index contributed by atoms with van der Waals surface area (Å²) < 4.78 is 13.9. The van der Waals surface area contributed by atoms with Gasteiger partial charge in [-0.05, 0) is 19.9 Å². The molecule has 0 atom stereocenters. The Morgan fingerprint density at radius 1 is 1.43 bits per heavy atom. The van der Waals surface area contributed by atoms with E-state index in [9.17, 15) is 14.3 Å². The maximum atomic E-state index is 13.9. The number of para-hydroxylation sites is 1. The number of aromatic nitrogens is 1. The molecule has 1 aliphatic heterocycles. The third kappa shape index (κ3) is 2.27. The molecule has 0 saturated carbocycles. The summed E-state index contributed by atoms with van der Waals surface area (Å²) in [5.41, 5.74) is 1.79. The summed E-state index contributed by atoms with van der Waals surface area (Å²) in [6.07, 6.45) is 0.651. The van der Waals surface area contributed by atoms with Crippen molar-refractivity contribution in [2.75, 3.05) is 6.54 Å². The normalized spacial score (nSPS) is 15.4. The van der Waals surface area contributed by atoms with Gasteiger partial charge in [-0.1, -0.05) is 12.1 Å². The molecule has 0 amide bonds. The second kappa shape index (κ2) is 5.07. The molecule has 1 aliphatic rings. The molecule has 4 nitrogen and oxygen atoms in total. The number of rotatable bonds is 2. The van der Waals surface area contributed by atoms with Gasteiger partial charge in [0.15, 0.2) is 0 Å². The van der Waals surface area contributed by atoms with Gasteiger partial charge in [-0.2, -0.15) is 0 Å². The zero-order chi connectivity index (χ0) is 15.1. The molecule has 0 fully saturated rings. The number of pyridine rings is 1. The van der Waals surface area contributed by atoms with Crippen LogP contribution in [0.25, 0.3) is 10.9 Å². The van der Waals surface area contributed by atoms with Crippen LogP contribution in [0.1, 0.15) is 35.5 Å². The number of carboxylic acid groups (broad SMARTS) is 1. The number of hydrogen-bond donors (Lipinski definition) is 1. The molecule has 1 N–H and O–H groups in total. The lowest BCUT2D eigenvalue weighted by atomic mass is 9.95. The van der Waals surface area contributed by atoms with Crippen molar-refractivity contribution in [3.63, 3.8) is 0 Å². The van der Waals surface area contributed by atoms with E-state index in [1.54, 1.807) is 6.07 Å². The number of fused-ring (bicyclic) bond motifs is 2. The first-order chi connectivity index (χ1) is 9.99. The van der Waals surface area contributed by atoms with Crippen molar-refractivity contribution in [1.29, 1.82) is 0 Å². The highest BCUT2D eigenvalue weighted by molar-refractivity contribution is 6.04. The molecule has 1 aromatic carbocycles. The fourth-order valence-electron chi connectivity index (χ4n) is 2.93. The summed E-state index contributed by atoms with van der Waals surface area (Å²) in [5.74, 6) is -1.49. The van der Waals surface area contributed by atoms with Crippen molar-refractivity contribution in [3.05, 3.63) is 40.8 Å². The Morgan fingerprint density at radius 3 is 2.86 bits per heavy atom. The highest BCUT2D eigenvalue weighted by atomic mass is 19.1. The monoisotopic (exact) mass is 288 g/mol. The van der Waals surface area contributed by atoms with Crippen LogP contribution < -0.4 is 0 Å². The lowest BCUT2D eigenvalue weighted by Gasteiger charge is -2.32. The van der Waals surface area contributed by atoms with Crippen molar-refractivity contribution in [2.24, 2.45) is 0 Å². The molecular formula is C16H17FN2O2. The first-order valence-electron chi connectivity index (χ1n) is 7.06. The molecule has 0 radical (unpaired) electrons. The van der Waals surface area contributed by atoms with Gasteiger partial charge in [0.25, 0.3) is 0 Å². The molecule has 2 aromatic rings. The molecule has 0 unspecified atom stereocenters. The minimum Gasteiger partial charge on any atom is -0.478 e. The fraction of sp³-hybridized carbons (Fsp3) is 0.375. The number of hydrogen-bond acceptors (Lipinski definition) is 3. The third-order valence-corrected chi connectivity index (χ3v) is 4.09. The highest BCUT2D eigenvalue weighted by Crippen LogP contribution is 2.29. The fourth-order valence-corrected chi connectivity index (χ4v) is 2.93. The summed E-state index contributed by atoms with van der Waals surface area (Å²) in [4.78, 5) is 18.3. The van der Waals surface area contributed by atoms with Crippen LogP contribution in [0, 0.1) is 5.82 Å². The zero-order valence-electron chi connectivity index (χ0n) is 12.1. The number of carboxylic acids is 1. The van der Waals surface area contributed by atoms with E-state index in [1.165, 1.54) is 12.1 Å². The van der Waals surface area contributed by atoms with Gasteiger partial charge in [0.05, 0.1) is 5.56 Å². The van der Waals surface area contributed by atoms with Crippen molar-refractivity contribution in [1.82, 2.24) is 9.88 Å². The number of carbonyl (C=O) groups is 1. The number of benzene rings is 1. The Kier molecular flexibility index (Phi) is 3.37. The number of aromatic carboxylic acids is 1. The standard InChI is InChI=1S/C16H17FN2O2/c1-9(2)19-7-6-13-11(8-19)14(16(20)21)10-4-3-5-12(17)15(10)18-13/h3-5,9H,6-8H2,1-2H3,(H,20,21). The molecule has 3 rings (SSSR count). The van der Waals surface area contributed by atoms with E-state index >= 15 is 0 Å². The molecular weight excluding hydrogens is 271 g/mol. The lowest BCUT2D eigenvalue weighted by Crippen LogP contribution is -2.37. The molecule has 0 spiro atoms. The molecule has 0 saturated heterocycles. The SMILES string of the molecule is CC(C)N1CCc2nc3c(F)cccc3c(C(=O)O)c2C1. The average molecular weight is 288 g/mol. The van der Waals surface area contributed by atoms with E-state index in [-0.39, 0.29) is 11.1 Å². The van der Waals surface area contributed by atoms with Gasteiger partial charge in [0.2, 0.25) is 0 Å². The van der Waals surface area contributed by atoms with E-state index in [4.69, 9.17) is 0 Å². The minimum absolute atomic E-state index is 0.159. The summed E-state index contributed by atoms with van der Waals surface area (Å²) in [5, 5.41) is 9.97. The highest BCUT2D eigenvalue weighted by Gasteiger charge is 2.27. The van der Waals surface area contributed by atoms with Gasteiger partial charge < -0.3 is 5.11 Å². The largest absolute Gasteiger partial charge is 0.478 e. The van der Waals surface area contributed by atoms with Crippen LogP contribution in [-0.4, -0.2) is 33.5 Å². The second-order valence-electron chi connectivity index (χ2n) is 5.67. The van der Waals surface area contributed by atoms with Crippen molar-refractivity contribution in [2.45, 2.75) is 32.9 Å². The number of nitrogens with zero attached hydrogens (tertiary/aromatic N) is 2. The molecule has 0 aliphatic carbocycles. The molecule has 5 heteroatoms. The predicted octanol–water partition coefficient (Wildman–Crippen LogP) is 2.84. The van der Waals surface area contributed by atoms with Gasteiger partial charge in [-0.15, -0.1) is 0 Å². The zero-order valence-corrected chi connectivity index (χ0v) is 12.1. The van der Waals surface area contributed by atoms with Crippen molar-refractivity contribution < 1.29 is 14.3 Å². The van der Waals surface area contributed by atoms with Crippen LogP contribution >= 0.6 is 0 Å². The smallest absolute Gasteiger partial charge is 0.336 e. The summed E-state index contributed by atoms with van der Waals surface area (Å²) >= 11 is 0. The average Bonchev–Trinajstić information content (AvgIpc) is 2.44. The lowest BCUT2D eigenvalue weighted by molar-refractivity contribution is 0.0694. The van der Waals surface area contributed by atoms with Crippen molar-refractivity contribution >= 4 is 16.9 Å². The quantitative estimate of drug-likeness (QED) is 0.923. The van der Waals surface area contributed by atoms with Crippen LogP contribution in [0.4, 0.5) is 4.39 Å². The van der Waals surface area contributed by atoms with Crippen LogP contribution in [-0.2, 0) is 13.0 Å². The van der Waals surface area contributed by atoms with Crippen LogP contribution in [0.2, 0.25) is 0 Å². The summed E-state index contributed by atoms with van der Waals surface area (Å²) in [7, 11) is 0. The molecule has 110 valence electrons. The minimum atomic E-state index is -1.02. The molecule has 21 heavy (non-hydrogen) atoms. The summed E-state index contributed by atoms with van der Waals surface area (Å²) in [6.45, 7) is 5.53. The van der Waals surface area contributed by atoms with Crippen molar-refractivity contribution in [3.8, 4) is 0 Å². The van der Waals surface area contributed by atoms with Gasteiger partial charge in [0, 0.05) is 42.2 Å². The van der Waals surface area contributed by atoms with Crippen LogP contribution in [0.15, 0.2) is 18.2 Å². The van der Waals surface area contributed by atoms with Crippen LogP contribution in [0.5, 0.6) is 0 Å². The topological polar surface area (TPSA) is 53.4 Å². The van der Waals surface area contributed by atoms with Gasteiger partial charge >= 0.3 is 5.97 Å². The molecule has 2 heterocycles. The maximum Gasteiger partial charge on any atom is 0.336 e. The molecule has 1 aromatic heterocycles. The Balaban J connectivity index is 2.28. The Bertz CT molecular complexity index is 728. The first-order valence-corrected chi connectivity index (χ1v) is 7.06. The molecule has 0 bridgehead atoms. The Labute approximate surface area is 122 Å². The second-order valence-corrected chi connectivity index (χ2v) is 5.67. The van der Waals surface area contributed by atoms with Crippen LogP contribution in [0.3, 0.4) is 0 Å². The summed E-state index contributed by atoms with van der Waals surface area (Å²) in [6, 6.07) is 4.81. The Hall–Kier alpha value is -2.01. The predicted molar refractivity (Wildman–Crippen MR) is 77.9 cm³/mol. The van der Waals surface area contributed by atoms with E-state index in [0.29, 0.717) is 30.1 Å². The van der Waals surface area contributed by atoms with Gasteiger partial charge in [0.1, 0.15) is 11.3 Å².